The molecule has 0 unspecified atom stereocenters. The van der Waals surface area contributed by atoms with E-state index < -0.39 is 0 Å². The Kier molecular flexibility index (Phi) is 23.7. The van der Waals surface area contributed by atoms with Crippen LogP contribution in [0.5, 0.6) is 0 Å². The molecule has 0 aromatic heterocycles. The van der Waals surface area contributed by atoms with E-state index in [9.17, 15) is 0 Å². The first-order valence-electron chi connectivity index (χ1n) is 5.66. The van der Waals surface area contributed by atoms with Crippen molar-refractivity contribution in [3.63, 3.8) is 0 Å². The van der Waals surface area contributed by atoms with Crippen LogP contribution in [0.2, 0.25) is 0 Å². The van der Waals surface area contributed by atoms with Gasteiger partial charge in [-0.25, -0.2) is 0 Å². The van der Waals surface area contributed by atoms with E-state index in [0.29, 0.717) is 0 Å². The van der Waals surface area contributed by atoms with E-state index in [1.165, 1.54) is 32.1 Å². The predicted octanol–water partition coefficient (Wildman–Crippen LogP) is 4.61. The molecule has 0 heterocycles. The van der Waals surface area contributed by atoms with Gasteiger partial charge in [0.15, 0.2) is 0 Å². The monoisotopic (exact) mass is 914 g/mol. The van der Waals surface area contributed by atoms with Gasteiger partial charge < -0.3 is 0 Å². The summed E-state index contributed by atoms with van der Waals surface area (Å²) in [5.41, 5.74) is 6.73. The smallest absolute Gasteiger partial charge is 0 e. The molecule has 98 valence electrons. The van der Waals surface area contributed by atoms with Gasteiger partial charge in [0.25, 0.3) is 0 Å². The molecule has 0 aromatic rings. The predicted molar refractivity (Wildman–Crippen MR) is 59.8 cm³/mol. The van der Waals surface area contributed by atoms with E-state index in [-0.39, 0.29) is 84.3 Å². The van der Waals surface area contributed by atoms with Gasteiger partial charge in [0.2, 0.25) is 0 Å². The molecule has 0 aromatic carbocycles. The van der Waals surface area contributed by atoms with Crippen molar-refractivity contribution in [3.05, 3.63) is 22.3 Å². The summed E-state index contributed by atoms with van der Waals surface area (Å²) >= 11 is 0. The van der Waals surface area contributed by atoms with E-state index in [4.69, 9.17) is 0 Å². The van der Waals surface area contributed by atoms with E-state index in [0.717, 1.165) is 0 Å². The average molecular weight is 914 g/mol. The Labute approximate surface area is 164 Å². The van der Waals surface area contributed by atoms with Crippen LogP contribution in [0.15, 0.2) is 22.3 Å². The average Bonchev–Trinajstić information content (AvgIpc) is 2.47. The Morgan fingerprint density at radius 2 is 0.941 bits per heavy atom. The molecule has 0 nitrogen and oxygen atoms in total. The molecule has 0 saturated heterocycles. The maximum atomic E-state index is 2.30. The topological polar surface area (TPSA) is 0 Å². The zero-order valence-electron chi connectivity index (χ0n) is 11.2. The Balaban J connectivity index is -0.000000134. The SMILES string of the molecule is CC.CC1=C2CCCCC2=C(C)C1.[W].[W].[W].[W]. The molecule has 0 N–H and O–H groups in total. The van der Waals surface area contributed by atoms with Crippen molar-refractivity contribution < 1.29 is 84.3 Å². The molecule has 1 fully saturated rings. The van der Waals surface area contributed by atoms with Gasteiger partial charge in [-0.2, -0.15) is 0 Å². The summed E-state index contributed by atoms with van der Waals surface area (Å²) in [6, 6.07) is 0. The van der Waals surface area contributed by atoms with Crippen LogP contribution >= 0.6 is 0 Å². The van der Waals surface area contributed by atoms with Crippen molar-refractivity contribution in [3.8, 4) is 0 Å². The van der Waals surface area contributed by atoms with Gasteiger partial charge in [-0.1, -0.05) is 25.0 Å². The van der Waals surface area contributed by atoms with Gasteiger partial charge in [0.05, 0.1) is 0 Å². The molecule has 2 aliphatic carbocycles. The number of fused-ring (bicyclic) bond motifs is 1. The Hall–Kier alpha value is 2.23. The quantitative estimate of drug-likeness (QED) is 0.334. The summed E-state index contributed by atoms with van der Waals surface area (Å²) in [4.78, 5) is 0. The summed E-state index contributed by atoms with van der Waals surface area (Å²) in [5, 5.41) is 0. The molecule has 0 spiro atoms. The van der Waals surface area contributed by atoms with Crippen molar-refractivity contribution in [1.29, 1.82) is 0 Å². The molecule has 0 amide bonds. The van der Waals surface area contributed by atoms with Crippen LogP contribution in [-0.2, 0) is 84.3 Å². The van der Waals surface area contributed by atoms with Gasteiger partial charge in [0, 0.05) is 84.3 Å². The summed E-state index contributed by atoms with van der Waals surface area (Å²) < 4.78 is 0. The van der Waals surface area contributed by atoms with Gasteiger partial charge in [-0.05, 0) is 57.1 Å². The first-order chi connectivity index (χ1) is 6.29. The van der Waals surface area contributed by atoms with Crippen LogP contribution in [-0.4, -0.2) is 0 Å². The zero-order valence-corrected chi connectivity index (χ0v) is 22.9. The largest absolute Gasteiger partial charge is 0.0683 e. The third-order valence-corrected chi connectivity index (χ3v) is 3.03. The number of hydrogen-bond donors (Lipinski definition) is 0. The number of rotatable bonds is 0. The number of allylic oxidation sites excluding steroid dienone is 4. The summed E-state index contributed by atoms with van der Waals surface area (Å²) in [7, 11) is 0. The fourth-order valence-electron chi connectivity index (χ4n) is 2.46. The van der Waals surface area contributed by atoms with Crippen molar-refractivity contribution in [2.75, 3.05) is 0 Å². The van der Waals surface area contributed by atoms with E-state index >= 15 is 0 Å². The standard InChI is InChI=1S/C11H16.C2H6.4W/c1-8-7-9(2)11-6-4-3-5-10(8)11;1-2;;;;/h3-7H2,1-2H3;1-2H3;;;;. The van der Waals surface area contributed by atoms with Crippen LogP contribution in [0.4, 0.5) is 0 Å². The van der Waals surface area contributed by atoms with E-state index in [2.05, 4.69) is 13.8 Å². The van der Waals surface area contributed by atoms with Crippen molar-refractivity contribution >= 4 is 0 Å². The van der Waals surface area contributed by atoms with Gasteiger partial charge in [-0.15, -0.1) is 0 Å². The van der Waals surface area contributed by atoms with Crippen LogP contribution in [0.3, 0.4) is 0 Å². The molecule has 2 rings (SSSR count). The Bertz CT molecular complexity index is 228. The van der Waals surface area contributed by atoms with Crippen LogP contribution in [0.1, 0.15) is 59.8 Å². The molecule has 1 saturated carbocycles. The minimum atomic E-state index is 0. The second-order valence-electron chi connectivity index (χ2n) is 3.90. The second kappa shape index (κ2) is 14.6. The third-order valence-electron chi connectivity index (χ3n) is 3.03. The minimum Gasteiger partial charge on any atom is -0.0683 e. The van der Waals surface area contributed by atoms with Gasteiger partial charge in [-0.3, -0.25) is 0 Å². The first kappa shape index (κ1) is 27.6. The number of hydrogen-bond acceptors (Lipinski definition) is 0. The molecule has 0 aliphatic heterocycles. The fourth-order valence-corrected chi connectivity index (χ4v) is 2.46. The molecule has 17 heavy (non-hydrogen) atoms. The fraction of sp³-hybridized carbons (Fsp3) is 0.692. The molecule has 0 atom stereocenters. The second-order valence-corrected chi connectivity index (χ2v) is 3.90. The van der Waals surface area contributed by atoms with Crippen molar-refractivity contribution in [2.24, 2.45) is 0 Å². The molecule has 2 aliphatic rings. The van der Waals surface area contributed by atoms with Crippen LogP contribution in [0, 0.1) is 0 Å². The summed E-state index contributed by atoms with van der Waals surface area (Å²) in [6.07, 6.45) is 6.83. The van der Waals surface area contributed by atoms with Gasteiger partial charge >= 0.3 is 0 Å². The summed E-state index contributed by atoms with van der Waals surface area (Å²) in [5.74, 6) is 0. The molecule has 0 bridgehead atoms. The third kappa shape index (κ3) is 7.55. The molecule has 4 heteroatoms. The molecule has 0 radical (unpaired) electrons. The van der Waals surface area contributed by atoms with Crippen LogP contribution < -0.4 is 0 Å². The Morgan fingerprint density at radius 1 is 0.647 bits per heavy atom. The molecular weight excluding hydrogens is 892 g/mol. The Morgan fingerprint density at radius 3 is 1.24 bits per heavy atom. The normalized spacial score (nSPS) is 16.2. The van der Waals surface area contributed by atoms with E-state index in [1.807, 2.05) is 13.8 Å². The molecular formula is C13H22W4. The summed E-state index contributed by atoms with van der Waals surface area (Å²) in [6.45, 7) is 8.61. The first-order valence-corrected chi connectivity index (χ1v) is 5.66. The van der Waals surface area contributed by atoms with E-state index in [1.54, 1.807) is 22.3 Å². The van der Waals surface area contributed by atoms with Crippen molar-refractivity contribution in [2.45, 2.75) is 59.8 Å². The van der Waals surface area contributed by atoms with Gasteiger partial charge in [0.1, 0.15) is 0 Å². The van der Waals surface area contributed by atoms with Crippen LogP contribution in [0.25, 0.3) is 0 Å². The van der Waals surface area contributed by atoms with Crippen molar-refractivity contribution in [1.82, 2.24) is 0 Å². The minimum absolute atomic E-state index is 0. The maximum Gasteiger partial charge on any atom is 0 e. The maximum absolute atomic E-state index is 2.30. The zero-order chi connectivity index (χ0) is 9.84.